The van der Waals surface area contributed by atoms with Crippen LogP contribution in [-0.4, -0.2) is 6.03 Å². The van der Waals surface area contributed by atoms with E-state index in [1.165, 1.54) is 0 Å². The molecule has 0 bridgehead atoms. The molecule has 0 unspecified atom stereocenters. The van der Waals surface area contributed by atoms with Crippen molar-refractivity contribution in [3.63, 3.8) is 0 Å². The molecule has 0 radical (unpaired) electrons. The Bertz CT molecular complexity index is 679. The standard InChI is InChI=1S/C16H15N3O/c17-18-16(20)19-11-14-7-2-1-5-12(14)9-10-13-6-3-4-8-15(13)19/h1-10H,11,17H2,(H,18,20). The molecule has 1 aliphatic heterocycles. The van der Waals surface area contributed by atoms with Crippen LogP contribution < -0.4 is 16.2 Å². The third-order valence-corrected chi connectivity index (χ3v) is 3.42. The number of anilines is 1. The smallest absolute Gasteiger partial charge is 0.288 e. The van der Waals surface area contributed by atoms with E-state index in [0.717, 1.165) is 22.4 Å². The Balaban J connectivity index is 2.17. The molecule has 4 nitrogen and oxygen atoms in total. The van der Waals surface area contributed by atoms with Gasteiger partial charge in [0.2, 0.25) is 0 Å². The fraction of sp³-hybridized carbons (Fsp3) is 0.0625. The number of nitrogens with two attached hydrogens (primary N) is 1. The number of urea groups is 1. The van der Waals surface area contributed by atoms with Crippen molar-refractivity contribution in [2.75, 3.05) is 4.90 Å². The van der Waals surface area contributed by atoms with E-state index in [1.807, 2.05) is 54.6 Å². The van der Waals surface area contributed by atoms with Crippen LogP contribution in [-0.2, 0) is 6.54 Å². The Kier molecular flexibility index (Phi) is 3.23. The molecular weight excluding hydrogens is 250 g/mol. The normalized spacial score (nSPS) is 12.9. The zero-order valence-electron chi connectivity index (χ0n) is 10.9. The number of hydrogen-bond acceptors (Lipinski definition) is 2. The van der Waals surface area contributed by atoms with Crippen molar-refractivity contribution in [2.24, 2.45) is 5.84 Å². The average Bonchev–Trinajstić information content (AvgIpc) is 2.49. The molecule has 100 valence electrons. The summed E-state index contributed by atoms with van der Waals surface area (Å²) in [7, 11) is 0. The van der Waals surface area contributed by atoms with Crippen LogP contribution in [0.25, 0.3) is 12.2 Å². The molecule has 4 heteroatoms. The van der Waals surface area contributed by atoms with Crippen molar-refractivity contribution in [2.45, 2.75) is 6.54 Å². The highest BCUT2D eigenvalue weighted by Crippen LogP contribution is 2.28. The van der Waals surface area contributed by atoms with E-state index in [9.17, 15) is 4.79 Å². The van der Waals surface area contributed by atoms with Gasteiger partial charge in [0.25, 0.3) is 0 Å². The summed E-state index contributed by atoms with van der Waals surface area (Å²) in [6.07, 6.45) is 4.09. The largest absolute Gasteiger partial charge is 0.336 e. The van der Waals surface area contributed by atoms with Crippen LogP contribution in [0.5, 0.6) is 0 Å². The topological polar surface area (TPSA) is 58.4 Å². The number of amides is 2. The third-order valence-electron chi connectivity index (χ3n) is 3.42. The zero-order chi connectivity index (χ0) is 13.9. The fourth-order valence-electron chi connectivity index (χ4n) is 2.41. The number of carbonyl (C=O) groups excluding carboxylic acids is 1. The van der Waals surface area contributed by atoms with Gasteiger partial charge in [-0.05, 0) is 22.8 Å². The lowest BCUT2D eigenvalue weighted by Crippen LogP contribution is -2.43. The van der Waals surface area contributed by atoms with Crippen molar-refractivity contribution in [1.29, 1.82) is 0 Å². The van der Waals surface area contributed by atoms with Gasteiger partial charge in [-0.25, -0.2) is 10.6 Å². The molecule has 20 heavy (non-hydrogen) atoms. The number of benzene rings is 2. The van der Waals surface area contributed by atoms with E-state index in [-0.39, 0.29) is 6.03 Å². The van der Waals surface area contributed by atoms with E-state index in [2.05, 4.69) is 11.5 Å². The summed E-state index contributed by atoms with van der Waals surface area (Å²) >= 11 is 0. The number of nitrogens with one attached hydrogen (secondary N) is 1. The maximum atomic E-state index is 12.1. The molecule has 0 spiro atoms. The van der Waals surface area contributed by atoms with Gasteiger partial charge in [0.05, 0.1) is 12.2 Å². The fourth-order valence-corrected chi connectivity index (χ4v) is 2.41. The lowest BCUT2D eigenvalue weighted by atomic mass is 10.0. The van der Waals surface area contributed by atoms with Crippen molar-refractivity contribution in [3.8, 4) is 0 Å². The number of para-hydroxylation sites is 1. The Morgan fingerprint density at radius 2 is 1.65 bits per heavy atom. The minimum Gasteiger partial charge on any atom is -0.288 e. The van der Waals surface area contributed by atoms with Crippen LogP contribution in [0, 0.1) is 0 Å². The first-order valence-electron chi connectivity index (χ1n) is 6.43. The molecule has 0 aliphatic carbocycles. The second-order valence-electron chi connectivity index (χ2n) is 4.63. The van der Waals surface area contributed by atoms with Crippen molar-refractivity contribution in [3.05, 3.63) is 65.2 Å². The number of hydrogen-bond donors (Lipinski definition) is 2. The van der Waals surface area contributed by atoms with Gasteiger partial charge >= 0.3 is 6.03 Å². The maximum absolute atomic E-state index is 12.1. The molecule has 0 saturated heterocycles. The quantitative estimate of drug-likeness (QED) is 0.437. The third kappa shape index (κ3) is 2.17. The van der Waals surface area contributed by atoms with Gasteiger partial charge in [0, 0.05) is 0 Å². The van der Waals surface area contributed by atoms with Crippen LogP contribution in [0.4, 0.5) is 10.5 Å². The van der Waals surface area contributed by atoms with E-state index in [4.69, 9.17) is 5.84 Å². The first-order chi connectivity index (χ1) is 9.79. The molecule has 3 N–H and O–H groups in total. The summed E-state index contributed by atoms with van der Waals surface area (Å²) in [5, 5.41) is 0. The second-order valence-corrected chi connectivity index (χ2v) is 4.63. The van der Waals surface area contributed by atoms with Crippen LogP contribution in [0.3, 0.4) is 0 Å². The molecule has 0 saturated carbocycles. The van der Waals surface area contributed by atoms with Crippen molar-refractivity contribution < 1.29 is 4.79 Å². The minimum atomic E-state index is -0.317. The highest BCUT2D eigenvalue weighted by Gasteiger charge is 2.19. The molecule has 0 atom stereocenters. The van der Waals surface area contributed by atoms with Crippen molar-refractivity contribution >= 4 is 23.9 Å². The van der Waals surface area contributed by atoms with E-state index in [1.54, 1.807) is 4.90 Å². The Morgan fingerprint density at radius 3 is 2.45 bits per heavy atom. The Hall–Kier alpha value is -2.59. The highest BCUT2D eigenvalue weighted by atomic mass is 16.2. The van der Waals surface area contributed by atoms with Gasteiger partial charge in [-0.3, -0.25) is 10.3 Å². The van der Waals surface area contributed by atoms with Crippen molar-refractivity contribution in [1.82, 2.24) is 5.43 Å². The average molecular weight is 265 g/mol. The van der Waals surface area contributed by atoms with E-state index >= 15 is 0 Å². The van der Waals surface area contributed by atoms with Gasteiger partial charge in [0.1, 0.15) is 0 Å². The van der Waals surface area contributed by atoms with Crippen LogP contribution in [0.1, 0.15) is 16.7 Å². The molecule has 2 aromatic carbocycles. The molecule has 3 rings (SSSR count). The van der Waals surface area contributed by atoms with Crippen LogP contribution in [0.2, 0.25) is 0 Å². The highest BCUT2D eigenvalue weighted by molar-refractivity contribution is 5.95. The van der Waals surface area contributed by atoms with Gasteiger partial charge in [-0.2, -0.15) is 0 Å². The molecule has 0 aromatic heterocycles. The molecular formula is C16H15N3O. The number of nitrogens with zero attached hydrogens (tertiary/aromatic N) is 1. The number of hydrazine groups is 1. The summed E-state index contributed by atoms with van der Waals surface area (Å²) in [5.41, 5.74) is 6.25. The van der Waals surface area contributed by atoms with Crippen LogP contribution >= 0.6 is 0 Å². The lowest BCUT2D eigenvalue weighted by molar-refractivity contribution is 0.246. The predicted octanol–water partition coefficient (Wildman–Crippen LogP) is 2.76. The SMILES string of the molecule is NNC(=O)N1Cc2ccccc2C=Cc2ccccc21. The summed E-state index contributed by atoms with van der Waals surface area (Å²) in [5.74, 6) is 5.31. The van der Waals surface area contributed by atoms with Gasteiger partial charge in [-0.15, -0.1) is 0 Å². The molecule has 1 heterocycles. The van der Waals surface area contributed by atoms with Crippen LogP contribution in [0.15, 0.2) is 48.5 Å². The number of fused-ring (bicyclic) bond motifs is 2. The van der Waals surface area contributed by atoms with E-state index in [0.29, 0.717) is 6.54 Å². The Morgan fingerprint density at radius 1 is 1.00 bits per heavy atom. The number of rotatable bonds is 0. The molecule has 1 aliphatic rings. The monoisotopic (exact) mass is 265 g/mol. The van der Waals surface area contributed by atoms with Gasteiger partial charge in [-0.1, -0.05) is 54.6 Å². The second kappa shape index (κ2) is 5.19. The van der Waals surface area contributed by atoms with E-state index < -0.39 is 0 Å². The van der Waals surface area contributed by atoms with Gasteiger partial charge in [0.15, 0.2) is 0 Å². The Labute approximate surface area is 117 Å². The molecule has 2 aromatic rings. The lowest BCUT2D eigenvalue weighted by Gasteiger charge is -2.26. The minimum absolute atomic E-state index is 0.317. The summed E-state index contributed by atoms with van der Waals surface area (Å²) in [4.78, 5) is 13.7. The zero-order valence-corrected chi connectivity index (χ0v) is 10.9. The summed E-state index contributed by atoms with van der Waals surface area (Å²) < 4.78 is 0. The maximum Gasteiger partial charge on any atom is 0.336 e. The first kappa shape index (κ1) is 12.4. The molecule has 0 fully saturated rings. The predicted molar refractivity (Wildman–Crippen MR) is 80.7 cm³/mol. The number of carbonyl (C=O) groups is 1. The van der Waals surface area contributed by atoms with Gasteiger partial charge < -0.3 is 0 Å². The summed E-state index contributed by atoms with van der Waals surface area (Å²) in [6.45, 7) is 0.487. The first-order valence-corrected chi connectivity index (χ1v) is 6.43. The summed E-state index contributed by atoms with van der Waals surface area (Å²) in [6, 6.07) is 15.5. The molecule has 2 amide bonds.